The number of ether oxygens (including phenoxy) is 1. The molecule has 0 radical (unpaired) electrons. The summed E-state index contributed by atoms with van der Waals surface area (Å²) in [5, 5.41) is 6.40. The van der Waals surface area contributed by atoms with Crippen molar-refractivity contribution in [3.05, 3.63) is 29.6 Å². The van der Waals surface area contributed by atoms with Gasteiger partial charge in [0.1, 0.15) is 5.50 Å². The summed E-state index contributed by atoms with van der Waals surface area (Å²) in [4.78, 5) is 4.08. The third-order valence-electron chi connectivity index (χ3n) is 3.47. The minimum absolute atomic E-state index is 0.0880. The number of rotatable bonds is 1. The lowest BCUT2D eigenvalue weighted by Crippen LogP contribution is -2.35. The van der Waals surface area contributed by atoms with Gasteiger partial charge in [0.2, 0.25) is 0 Å². The molecule has 1 fully saturated rings. The molecule has 2 aliphatic rings. The van der Waals surface area contributed by atoms with Crippen LogP contribution < -0.4 is 0 Å². The van der Waals surface area contributed by atoms with Crippen molar-refractivity contribution >= 4 is 17.8 Å². The van der Waals surface area contributed by atoms with Crippen LogP contribution in [0.2, 0.25) is 0 Å². The monoisotopic (exact) mass is 265 g/mol. The van der Waals surface area contributed by atoms with Gasteiger partial charge in [-0.2, -0.15) is 5.10 Å². The van der Waals surface area contributed by atoms with Crippen molar-refractivity contribution in [2.45, 2.75) is 37.4 Å². The molecule has 1 aromatic rings. The van der Waals surface area contributed by atoms with Gasteiger partial charge in [0.05, 0.1) is 24.5 Å². The molecule has 0 amide bonds. The van der Waals surface area contributed by atoms with Crippen LogP contribution in [0.3, 0.4) is 0 Å². The smallest absolute Gasteiger partial charge is 0.147 e. The number of aromatic nitrogens is 1. The molecule has 2 atom stereocenters. The van der Waals surface area contributed by atoms with Crippen LogP contribution in [0.4, 0.5) is 0 Å². The van der Waals surface area contributed by atoms with Crippen LogP contribution in [-0.4, -0.2) is 34.5 Å². The lowest BCUT2D eigenvalue weighted by molar-refractivity contribution is 0.0323. The molecule has 18 heavy (non-hydrogen) atoms. The van der Waals surface area contributed by atoms with Gasteiger partial charge in [0.25, 0.3) is 0 Å². The Labute approximate surface area is 112 Å². The van der Waals surface area contributed by atoms with Crippen molar-refractivity contribution in [3.8, 4) is 0 Å². The molecule has 0 aliphatic carbocycles. The van der Waals surface area contributed by atoms with Crippen molar-refractivity contribution in [3.63, 3.8) is 0 Å². The van der Waals surface area contributed by atoms with E-state index in [4.69, 9.17) is 16.3 Å². The van der Waals surface area contributed by atoms with Gasteiger partial charge < -0.3 is 4.74 Å². The predicted octanol–water partition coefficient (Wildman–Crippen LogP) is 2.54. The highest BCUT2D eigenvalue weighted by Gasteiger charge is 2.38. The number of hydrogen-bond acceptors (Lipinski definition) is 4. The third kappa shape index (κ3) is 1.99. The molecule has 1 saturated heterocycles. The van der Waals surface area contributed by atoms with Crippen LogP contribution >= 0.6 is 11.6 Å². The van der Waals surface area contributed by atoms with E-state index in [1.54, 1.807) is 12.4 Å². The van der Waals surface area contributed by atoms with Crippen molar-refractivity contribution in [1.82, 2.24) is 9.99 Å². The fraction of sp³-hybridized carbons (Fsp3) is 0.538. The molecule has 0 spiro atoms. The first-order valence-corrected chi connectivity index (χ1v) is 6.55. The number of alkyl halides is 1. The van der Waals surface area contributed by atoms with Gasteiger partial charge in [0, 0.05) is 29.9 Å². The molecular formula is C13H16ClN3O. The molecule has 4 nitrogen and oxygen atoms in total. The second kappa shape index (κ2) is 4.21. The average Bonchev–Trinajstić information content (AvgIpc) is 2.70. The molecule has 1 aromatic heterocycles. The van der Waals surface area contributed by atoms with Crippen LogP contribution in [0, 0.1) is 0 Å². The highest BCUT2D eigenvalue weighted by molar-refractivity contribution is 6.21. The summed E-state index contributed by atoms with van der Waals surface area (Å²) in [6.45, 7) is 4.87. The Morgan fingerprint density at radius 2 is 2.33 bits per heavy atom. The van der Waals surface area contributed by atoms with Crippen molar-refractivity contribution in [1.29, 1.82) is 0 Å². The molecule has 0 saturated carbocycles. The van der Waals surface area contributed by atoms with Crippen LogP contribution in [0.15, 0.2) is 23.6 Å². The van der Waals surface area contributed by atoms with E-state index < -0.39 is 0 Å². The van der Waals surface area contributed by atoms with Crippen LogP contribution in [-0.2, 0) is 4.74 Å². The van der Waals surface area contributed by atoms with E-state index in [9.17, 15) is 0 Å². The summed E-state index contributed by atoms with van der Waals surface area (Å²) in [7, 11) is 0. The second-order valence-corrected chi connectivity index (χ2v) is 5.81. The molecule has 0 bridgehead atoms. The lowest BCUT2D eigenvalue weighted by atomic mass is 10.0. The minimum Gasteiger partial charge on any atom is -0.373 e. The van der Waals surface area contributed by atoms with Crippen LogP contribution in [0.25, 0.3) is 0 Å². The normalized spacial score (nSPS) is 29.4. The molecule has 0 N–H and O–H groups in total. The quantitative estimate of drug-likeness (QED) is 0.578. The topological polar surface area (TPSA) is 37.7 Å². The summed E-state index contributed by atoms with van der Waals surface area (Å²) >= 11 is 6.52. The van der Waals surface area contributed by atoms with E-state index in [0.717, 1.165) is 17.5 Å². The SMILES string of the molecule is CC1(C)CC(N2N=Cc3cnccc3[C@H]2Cl)CO1. The van der Waals surface area contributed by atoms with E-state index in [1.807, 2.05) is 17.3 Å². The van der Waals surface area contributed by atoms with Crippen molar-refractivity contribution in [2.24, 2.45) is 5.10 Å². The first-order valence-electron chi connectivity index (χ1n) is 6.11. The van der Waals surface area contributed by atoms with Gasteiger partial charge in [0.15, 0.2) is 0 Å². The Bertz CT molecular complexity index is 489. The molecular weight excluding hydrogens is 250 g/mol. The molecule has 3 heterocycles. The summed E-state index contributed by atoms with van der Waals surface area (Å²) in [6, 6.07) is 2.19. The van der Waals surface area contributed by atoms with Crippen molar-refractivity contribution in [2.75, 3.05) is 6.61 Å². The molecule has 2 aliphatic heterocycles. The Balaban J connectivity index is 1.85. The summed E-state index contributed by atoms with van der Waals surface area (Å²) < 4.78 is 5.76. The molecule has 3 rings (SSSR count). The number of hydrogen-bond donors (Lipinski definition) is 0. The Hall–Kier alpha value is -1.13. The summed E-state index contributed by atoms with van der Waals surface area (Å²) in [5.41, 5.74) is 1.73. The van der Waals surface area contributed by atoms with Gasteiger partial charge in [-0.1, -0.05) is 11.6 Å². The third-order valence-corrected chi connectivity index (χ3v) is 3.91. The van der Waals surface area contributed by atoms with Gasteiger partial charge in [-0.05, 0) is 19.9 Å². The lowest BCUT2D eigenvalue weighted by Gasteiger charge is -2.33. The largest absolute Gasteiger partial charge is 0.373 e. The molecule has 5 heteroatoms. The number of pyridine rings is 1. The Morgan fingerprint density at radius 1 is 1.50 bits per heavy atom. The van der Waals surface area contributed by atoms with Gasteiger partial charge in [-0.3, -0.25) is 9.99 Å². The molecule has 1 unspecified atom stereocenters. The van der Waals surface area contributed by atoms with Crippen LogP contribution in [0.1, 0.15) is 36.9 Å². The maximum Gasteiger partial charge on any atom is 0.147 e. The van der Waals surface area contributed by atoms with Gasteiger partial charge in [-0.25, -0.2) is 0 Å². The van der Waals surface area contributed by atoms with Gasteiger partial charge in [-0.15, -0.1) is 0 Å². The van der Waals surface area contributed by atoms with Crippen LogP contribution in [0.5, 0.6) is 0 Å². The van der Waals surface area contributed by atoms with Crippen molar-refractivity contribution < 1.29 is 4.74 Å². The summed E-state index contributed by atoms with van der Waals surface area (Å²) in [6.07, 6.45) is 6.32. The van der Waals surface area contributed by atoms with Gasteiger partial charge >= 0.3 is 0 Å². The van der Waals surface area contributed by atoms with E-state index in [2.05, 4.69) is 23.9 Å². The fourth-order valence-electron chi connectivity index (χ4n) is 2.53. The Kier molecular flexibility index (Phi) is 2.79. The standard InChI is InChI=1S/C13H16ClN3O/c1-13(2)5-10(8-18-13)17-12(14)11-3-4-15-6-9(11)7-16-17/h3-4,6-7,10,12H,5,8H2,1-2H3/t10?,12-/m0/s1. The first kappa shape index (κ1) is 11.9. The zero-order valence-corrected chi connectivity index (χ0v) is 11.3. The number of fused-ring (bicyclic) bond motifs is 1. The van der Waals surface area contributed by atoms with E-state index in [0.29, 0.717) is 6.61 Å². The molecule has 96 valence electrons. The summed E-state index contributed by atoms with van der Waals surface area (Å²) in [5.74, 6) is 0. The zero-order valence-electron chi connectivity index (χ0n) is 10.5. The minimum atomic E-state index is -0.240. The van der Waals surface area contributed by atoms with E-state index >= 15 is 0 Å². The maximum atomic E-state index is 6.52. The van der Waals surface area contributed by atoms with E-state index in [1.165, 1.54) is 0 Å². The highest BCUT2D eigenvalue weighted by atomic mass is 35.5. The highest BCUT2D eigenvalue weighted by Crippen LogP contribution is 2.37. The average molecular weight is 266 g/mol. The second-order valence-electron chi connectivity index (χ2n) is 5.39. The maximum absolute atomic E-state index is 6.52. The van der Waals surface area contributed by atoms with E-state index in [-0.39, 0.29) is 17.1 Å². The molecule has 0 aromatic carbocycles. The zero-order chi connectivity index (χ0) is 12.8. The number of hydrazone groups is 1. The fourth-order valence-corrected chi connectivity index (χ4v) is 2.94. The Morgan fingerprint density at radius 3 is 3.06 bits per heavy atom. The number of halogens is 1. The first-order chi connectivity index (χ1) is 8.57. The number of nitrogens with zero attached hydrogens (tertiary/aromatic N) is 3. The predicted molar refractivity (Wildman–Crippen MR) is 70.7 cm³/mol.